The Morgan fingerprint density at radius 3 is 2.62 bits per heavy atom. The monoisotopic (exact) mass is 221 g/mol. The molecule has 1 aromatic carbocycles. The van der Waals surface area contributed by atoms with Crippen LogP contribution in [-0.2, 0) is 6.42 Å². The largest absolute Gasteiger partial charge is 0.393 e. The molecule has 0 spiro atoms. The van der Waals surface area contributed by atoms with Crippen LogP contribution in [0.2, 0.25) is 5.02 Å². The van der Waals surface area contributed by atoms with Gasteiger partial charge in [-0.25, -0.2) is 8.78 Å². The molecule has 0 aliphatic heterocycles. The van der Waals surface area contributed by atoms with Crippen molar-refractivity contribution in [2.45, 2.75) is 6.42 Å². The maximum atomic E-state index is 13.1. The fourth-order valence-electron chi connectivity index (χ4n) is 0.905. The quantitative estimate of drug-likeness (QED) is 0.613. The number of thiocarbonyl (C=S) groups is 1. The predicted molar refractivity (Wildman–Crippen MR) is 51.9 cm³/mol. The van der Waals surface area contributed by atoms with Crippen LogP contribution < -0.4 is 5.73 Å². The molecule has 0 saturated heterocycles. The number of hydrogen-bond acceptors (Lipinski definition) is 1. The van der Waals surface area contributed by atoms with Crippen LogP contribution in [0.15, 0.2) is 12.1 Å². The molecule has 13 heavy (non-hydrogen) atoms. The van der Waals surface area contributed by atoms with E-state index in [1.807, 2.05) is 0 Å². The third-order valence-corrected chi connectivity index (χ3v) is 1.93. The Labute approximate surface area is 84.5 Å². The summed E-state index contributed by atoms with van der Waals surface area (Å²) in [5, 5.41) is -0.132. The summed E-state index contributed by atoms with van der Waals surface area (Å²) in [6.45, 7) is 0. The molecule has 0 fully saturated rings. The third kappa shape index (κ3) is 2.35. The molecule has 0 aliphatic carbocycles. The molecule has 2 N–H and O–H groups in total. The standard InChI is InChI=1S/C8H6ClF2NS/c9-5-1-2-6(10)4(8(5)11)3-7(12)13/h1-2H,3H2,(H2,12,13). The predicted octanol–water partition coefficient (Wildman–Crippen LogP) is 2.45. The summed E-state index contributed by atoms with van der Waals surface area (Å²) in [4.78, 5) is 0.0278. The highest BCUT2D eigenvalue weighted by molar-refractivity contribution is 7.80. The van der Waals surface area contributed by atoms with Crippen LogP contribution in [0.1, 0.15) is 5.56 Å². The van der Waals surface area contributed by atoms with Crippen LogP contribution in [0.3, 0.4) is 0 Å². The van der Waals surface area contributed by atoms with Gasteiger partial charge in [0.05, 0.1) is 10.0 Å². The van der Waals surface area contributed by atoms with Crippen LogP contribution in [0.25, 0.3) is 0 Å². The van der Waals surface area contributed by atoms with E-state index in [2.05, 4.69) is 12.2 Å². The molecular weight excluding hydrogens is 216 g/mol. The van der Waals surface area contributed by atoms with Gasteiger partial charge < -0.3 is 5.73 Å². The summed E-state index contributed by atoms with van der Waals surface area (Å²) in [5.41, 5.74) is 4.99. The second-order valence-electron chi connectivity index (χ2n) is 2.46. The van der Waals surface area contributed by atoms with Gasteiger partial charge in [-0.05, 0) is 12.1 Å². The SMILES string of the molecule is NC(=S)Cc1c(F)ccc(Cl)c1F. The van der Waals surface area contributed by atoms with Gasteiger partial charge >= 0.3 is 0 Å². The Kier molecular flexibility index (Phi) is 3.17. The van der Waals surface area contributed by atoms with Crippen LogP contribution in [0, 0.1) is 11.6 Å². The smallest absolute Gasteiger partial charge is 0.148 e. The van der Waals surface area contributed by atoms with Crippen molar-refractivity contribution in [1.29, 1.82) is 0 Å². The van der Waals surface area contributed by atoms with Crippen LogP contribution >= 0.6 is 23.8 Å². The second kappa shape index (κ2) is 3.98. The highest BCUT2D eigenvalue weighted by atomic mass is 35.5. The average molecular weight is 222 g/mol. The third-order valence-electron chi connectivity index (χ3n) is 1.49. The molecule has 1 rings (SSSR count). The lowest BCUT2D eigenvalue weighted by Gasteiger charge is -2.04. The molecule has 1 nitrogen and oxygen atoms in total. The molecule has 0 aromatic heterocycles. The van der Waals surface area contributed by atoms with Gasteiger partial charge in [-0.3, -0.25) is 0 Å². The van der Waals surface area contributed by atoms with Gasteiger partial charge in [0.15, 0.2) is 0 Å². The lowest BCUT2D eigenvalue weighted by molar-refractivity contribution is 0.565. The molecule has 0 atom stereocenters. The first-order valence-electron chi connectivity index (χ1n) is 3.43. The van der Waals surface area contributed by atoms with E-state index < -0.39 is 11.6 Å². The molecule has 0 aliphatic rings. The molecule has 0 radical (unpaired) electrons. The lowest BCUT2D eigenvalue weighted by atomic mass is 10.1. The second-order valence-corrected chi connectivity index (χ2v) is 3.40. The van der Waals surface area contributed by atoms with E-state index in [9.17, 15) is 8.78 Å². The van der Waals surface area contributed by atoms with Gasteiger partial charge in [0.2, 0.25) is 0 Å². The van der Waals surface area contributed by atoms with Crippen molar-refractivity contribution in [2.24, 2.45) is 5.73 Å². The first-order chi connectivity index (χ1) is 6.02. The molecular formula is C8H6ClF2NS. The Hall–Kier alpha value is -0.740. The molecule has 5 heteroatoms. The van der Waals surface area contributed by atoms with Crippen molar-refractivity contribution < 1.29 is 8.78 Å². The summed E-state index contributed by atoms with van der Waals surface area (Å²) < 4.78 is 26.1. The molecule has 0 heterocycles. The highest BCUT2D eigenvalue weighted by Crippen LogP contribution is 2.21. The zero-order valence-corrected chi connectivity index (χ0v) is 8.05. The molecule has 0 bridgehead atoms. The minimum absolute atomic E-state index is 0.0278. The van der Waals surface area contributed by atoms with E-state index in [0.29, 0.717) is 0 Å². The number of nitrogens with two attached hydrogens (primary N) is 1. The number of rotatable bonds is 2. The Morgan fingerprint density at radius 1 is 1.46 bits per heavy atom. The van der Waals surface area contributed by atoms with Gasteiger partial charge in [-0.1, -0.05) is 23.8 Å². The average Bonchev–Trinajstić information content (AvgIpc) is 2.05. The summed E-state index contributed by atoms with van der Waals surface area (Å²) >= 11 is 9.98. The minimum atomic E-state index is -0.797. The topological polar surface area (TPSA) is 26.0 Å². The van der Waals surface area contributed by atoms with Crippen molar-refractivity contribution in [3.8, 4) is 0 Å². The van der Waals surface area contributed by atoms with E-state index in [1.54, 1.807) is 0 Å². The Balaban J connectivity index is 3.17. The van der Waals surface area contributed by atoms with Gasteiger partial charge in [0, 0.05) is 12.0 Å². The van der Waals surface area contributed by atoms with E-state index in [4.69, 9.17) is 17.3 Å². The maximum absolute atomic E-state index is 13.1. The number of halogens is 3. The highest BCUT2D eigenvalue weighted by Gasteiger charge is 2.12. The Bertz CT molecular complexity index is 354. The molecule has 1 aromatic rings. The number of hydrogen-bond donors (Lipinski definition) is 1. The van der Waals surface area contributed by atoms with Gasteiger partial charge in [-0.15, -0.1) is 0 Å². The minimum Gasteiger partial charge on any atom is -0.393 e. The van der Waals surface area contributed by atoms with Crippen molar-refractivity contribution in [3.05, 3.63) is 34.4 Å². The molecule has 0 saturated carbocycles. The van der Waals surface area contributed by atoms with E-state index in [0.717, 1.165) is 12.1 Å². The molecule has 0 unspecified atom stereocenters. The van der Waals surface area contributed by atoms with Crippen molar-refractivity contribution in [3.63, 3.8) is 0 Å². The van der Waals surface area contributed by atoms with E-state index >= 15 is 0 Å². The summed E-state index contributed by atoms with van der Waals surface area (Å²) in [6.07, 6.45) is -0.117. The van der Waals surface area contributed by atoms with Gasteiger partial charge in [0.1, 0.15) is 11.6 Å². The summed E-state index contributed by atoms with van der Waals surface area (Å²) in [6, 6.07) is 2.23. The van der Waals surface area contributed by atoms with Crippen molar-refractivity contribution in [1.82, 2.24) is 0 Å². The first kappa shape index (κ1) is 10.3. The van der Waals surface area contributed by atoms with Gasteiger partial charge in [-0.2, -0.15) is 0 Å². The summed E-state index contributed by atoms with van der Waals surface area (Å²) in [5.74, 6) is -1.48. The fraction of sp³-hybridized carbons (Fsp3) is 0.125. The Morgan fingerprint density at radius 2 is 2.08 bits per heavy atom. The van der Waals surface area contributed by atoms with E-state index in [-0.39, 0.29) is 22.0 Å². The maximum Gasteiger partial charge on any atom is 0.148 e. The van der Waals surface area contributed by atoms with Crippen LogP contribution in [-0.4, -0.2) is 4.99 Å². The van der Waals surface area contributed by atoms with Crippen molar-refractivity contribution >= 4 is 28.8 Å². The normalized spacial score (nSPS) is 10.1. The lowest BCUT2D eigenvalue weighted by Crippen LogP contribution is -2.13. The molecule has 70 valence electrons. The van der Waals surface area contributed by atoms with Crippen LogP contribution in [0.5, 0.6) is 0 Å². The zero-order chi connectivity index (χ0) is 10.0. The first-order valence-corrected chi connectivity index (χ1v) is 4.21. The van der Waals surface area contributed by atoms with Crippen molar-refractivity contribution in [2.75, 3.05) is 0 Å². The van der Waals surface area contributed by atoms with Crippen LogP contribution in [0.4, 0.5) is 8.78 Å². The van der Waals surface area contributed by atoms with Gasteiger partial charge in [0.25, 0.3) is 0 Å². The number of benzene rings is 1. The van der Waals surface area contributed by atoms with E-state index in [1.165, 1.54) is 0 Å². The zero-order valence-electron chi connectivity index (χ0n) is 6.48. The molecule has 0 amide bonds. The fourth-order valence-corrected chi connectivity index (χ4v) is 1.23. The summed E-state index contributed by atoms with van der Waals surface area (Å²) in [7, 11) is 0.